The van der Waals surface area contributed by atoms with Crippen LogP contribution >= 0.6 is 0 Å². The van der Waals surface area contributed by atoms with Crippen LogP contribution in [0, 0.1) is 0 Å². The number of carbonyl (C=O) groups is 1. The summed E-state index contributed by atoms with van der Waals surface area (Å²) in [4.78, 5) is 23.3. The van der Waals surface area contributed by atoms with Crippen LogP contribution in [0.1, 0.15) is 86.3 Å². The molecule has 0 spiro atoms. The number of hydrogen-bond donors (Lipinski definition) is 0. The topological polar surface area (TPSA) is 85.3 Å². The fourth-order valence-electron chi connectivity index (χ4n) is 3.00. The summed E-state index contributed by atoms with van der Waals surface area (Å²) < 4.78 is 10.7. The van der Waals surface area contributed by atoms with Gasteiger partial charge in [0.2, 0.25) is 5.89 Å². The fraction of sp³-hybridized carbons (Fsp3) is 0.647. The third kappa shape index (κ3) is 3.20. The summed E-state index contributed by atoms with van der Waals surface area (Å²) in [5, 5.41) is 4.11. The van der Waals surface area contributed by atoms with Crippen LogP contribution in [-0.4, -0.2) is 39.0 Å². The van der Waals surface area contributed by atoms with Crippen molar-refractivity contribution in [1.82, 2.24) is 20.0 Å². The molecular formula is C17H24N4O3. The van der Waals surface area contributed by atoms with Gasteiger partial charge in [-0.25, -0.2) is 4.98 Å². The van der Waals surface area contributed by atoms with E-state index < -0.39 is 0 Å². The average Bonchev–Trinajstić information content (AvgIpc) is 3.23. The number of carbonyl (C=O) groups excluding carboxylic acids is 1. The van der Waals surface area contributed by atoms with Crippen LogP contribution in [0.15, 0.2) is 15.3 Å². The molecule has 1 aliphatic rings. The quantitative estimate of drug-likeness (QED) is 0.853. The first kappa shape index (κ1) is 16.7. The zero-order chi connectivity index (χ0) is 17.3. The summed E-state index contributed by atoms with van der Waals surface area (Å²) in [7, 11) is 0. The molecule has 130 valence electrons. The van der Waals surface area contributed by atoms with Crippen molar-refractivity contribution < 1.29 is 13.7 Å². The highest BCUT2D eigenvalue weighted by atomic mass is 16.5. The summed E-state index contributed by atoms with van der Waals surface area (Å²) in [6.45, 7) is 9.32. The molecule has 1 fully saturated rings. The molecule has 1 unspecified atom stereocenters. The van der Waals surface area contributed by atoms with Crippen molar-refractivity contribution in [3.8, 4) is 0 Å². The van der Waals surface area contributed by atoms with Crippen LogP contribution in [0.3, 0.4) is 0 Å². The molecule has 0 N–H and O–H groups in total. The molecule has 1 saturated heterocycles. The molecule has 24 heavy (non-hydrogen) atoms. The lowest BCUT2D eigenvalue weighted by molar-refractivity contribution is 0.0695. The maximum Gasteiger partial charge on any atom is 0.276 e. The van der Waals surface area contributed by atoms with E-state index in [2.05, 4.69) is 15.1 Å². The number of amides is 1. The number of piperidine rings is 1. The van der Waals surface area contributed by atoms with Crippen molar-refractivity contribution >= 4 is 5.91 Å². The molecule has 7 nitrogen and oxygen atoms in total. The van der Waals surface area contributed by atoms with E-state index in [1.807, 2.05) is 32.6 Å². The van der Waals surface area contributed by atoms with E-state index in [0.717, 1.165) is 12.8 Å². The first-order valence-electron chi connectivity index (χ1n) is 8.53. The zero-order valence-electron chi connectivity index (χ0n) is 14.7. The van der Waals surface area contributed by atoms with Crippen LogP contribution in [0.5, 0.6) is 0 Å². The third-order valence-electron chi connectivity index (χ3n) is 4.35. The van der Waals surface area contributed by atoms with Gasteiger partial charge in [0.15, 0.2) is 17.9 Å². The van der Waals surface area contributed by atoms with Gasteiger partial charge in [0.25, 0.3) is 5.91 Å². The molecule has 0 aromatic carbocycles. The highest BCUT2D eigenvalue weighted by Crippen LogP contribution is 2.28. The maximum absolute atomic E-state index is 12.8. The van der Waals surface area contributed by atoms with Gasteiger partial charge in [0, 0.05) is 30.8 Å². The summed E-state index contributed by atoms with van der Waals surface area (Å²) >= 11 is 0. The van der Waals surface area contributed by atoms with Gasteiger partial charge in [-0.3, -0.25) is 4.79 Å². The lowest BCUT2D eigenvalue weighted by Crippen LogP contribution is -2.40. The van der Waals surface area contributed by atoms with Gasteiger partial charge in [-0.2, -0.15) is 4.98 Å². The Balaban J connectivity index is 1.75. The minimum absolute atomic E-state index is 0.0790. The molecule has 0 radical (unpaired) electrons. The molecule has 1 amide bonds. The predicted octanol–water partition coefficient (Wildman–Crippen LogP) is 3.32. The largest absolute Gasteiger partial charge is 0.447 e. The van der Waals surface area contributed by atoms with Gasteiger partial charge < -0.3 is 13.8 Å². The molecule has 0 aliphatic carbocycles. The number of aromatic nitrogens is 3. The standard InChI is InChI=1S/C17H24N4O3/c1-10(2)14-13(18-9-23-14)17(22)21-7-5-6-12(8-21)15-19-16(11(3)4)24-20-15/h9-12H,5-8H2,1-4H3. The molecule has 3 heterocycles. The number of likely N-dealkylation sites (tertiary alicyclic amines) is 1. The Morgan fingerprint density at radius 2 is 2.08 bits per heavy atom. The Bertz CT molecular complexity index is 704. The molecule has 2 aromatic rings. The highest BCUT2D eigenvalue weighted by Gasteiger charge is 2.31. The smallest absolute Gasteiger partial charge is 0.276 e. The summed E-state index contributed by atoms with van der Waals surface area (Å²) in [5.74, 6) is 2.34. The molecule has 0 bridgehead atoms. The van der Waals surface area contributed by atoms with Gasteiger partial charge in [0.05, 0.1) is 0 Å². The van der Waals surface area contributed by atoms with Crippen molar-refractivity contribution in [3.05, 3.63) is 29.6 Å². The average molecular weight is 332 g/mol. The summed E-state index contributed by atoms with van der Waals surface area (Å²) in [6.07, 6.45) is 3.21. The second kappa shape index (κ2) is 6.75. The summed E-state index contributed by atoms with van der Waals surface area (Å²) in [6, 6.07) is 0. The van der Waals surface area contributed by atoms with Gasteiger partial charge in [-0.15, -0.1) is 0 Å². The Morgan fingerprint density at radius 1 is 1.29 bits per heavy atom. The predicted molar refractivity (Wildman–Crippen MR) is 86.9 cm³/mol. The molecule has 7 heteroatoms. The maximum atomic E-state index is 12.8. The van der Waals surface area contributed by atoms with Crippen molar-refractivity contribution in [1.29, 1.82) is 0 Å². The molecular weight excluding hydrogens is 308 g/mol. The fourth-order valence-corrected chi connectivity index (χ4v) is 3.00. The number of rotatable bonds is 4. The minimum atomic E-state index is -0.0790. The highest BCUT2D eigenvalue weighted by molar-refractivity contribution is 5.93. The molecule has 3 rings (SSSR count). The minimum Gasteiger partial charge on any atom is -0.447 e. The second-order valence-electron chi connectivity index (χ2n) is 6.96. The normalized spacial score (nSPS) is 18.6. The van der Waals surface area contributed by atoms with Crippen molar-refractivity contribution in [2.45, 2.75) is 58.3 Å². The third-order valence-corrected chi connectivity index (χ3v) is 4.35. The van der Waals surface area contributed by atoms with Gasteiger partial charge in [-0.05, 0) is 12.8 Å². The number of hydrogen-bond acceptors (Lipinski definition) is 6. The van der Waals surface area contributed by atoms with E-state index in [9.17, 15) is 4.79 Å². The lowest BCUT2D eigenvalue weighted by Gasteiger charge is -2.31. The van der Waals surface area contributed by atoms with Gasteiger partial charge in [-0.1, -0.05) is 32.9 Å². The molecule has 0 saturated carbocycles. The van der Waals surface area contributed by atoms with Crippen LogP contribution in [0.4, 0.5) is 0 Å². The number of oxazole rings is 1. The van der Waals surface area contributed by atoms with E-state index in [-0.39, 0.29) is 23.7 Å². The molecule has 2 aromatic heterocycles. The first-order chi connectivity index (χ1) is 11.5. The molecule has 1 atom stereocenters. The lowest BCUT2D eigenvalue weighted by atomic mass is 9.96. The zero-order valence-corrected chi connectivity index (χ0v) is 14.7. The van der Waals surface area contributed by atoms with E-state index in [1.54, 1.807) is 0 Å². The van der Waals surface area contributed by atoms with E-state index in [0.29, 0.717) is 36.3 Å². The van der Waals surface area contributed by atoms with E-state index in [4.69, 9.17) is 8.94 Å². The Kier molecular flexibility index (Phi) is 4.69. The Morgan fingerprint density at radius 3 is 2.75 bits per heavy atom. The van der Waals surface area contributed by atoms with Crippen LogP contribution < -0.4 is 0 Å². The Hall–Kier alpha value is -2.18. The van der Waals surface area contributed by atoms with Crippen LogP contribution in [0.2, 0.25) is 0 Å². The first-order valence-corrected chi connectivity index (χ1v) is 8.53. The second-order valence-corrected chi connectivity index (χ2v) is 6.96. The Labute approximate surface area is 141 Å². The van der Waals surface area contributed by atoms with Crippen LogP contribution in [0.25, 0.3) is 0 Å². The SMILES string of the molecule is CC(C)c1nc(C2CCCN(C(=O)c3ncoc3C(C)C)C2)no1. The van der Waals surface area contributed by atoms with Crippen molar-refractivity contribution in [2.24, 2.45) is 0 Å². The van der Waals surface area contributed by atoms with E-state index in [1.165, 1.54) is 6.39 Å². The monoisotopic (exact) mass is 332 g/mol. The van der Waals surface area contributed by atoms with Crippen LogP contribution in [-0.2, 0) is 0 Å². The molecule has 1 aliphatic heterocycles. The van der Waals surface area contributed by atoms with Crippen molar-refractivity contribution in [2.75, 3.05) is 13.1 Å². The number of nitrogens with zero attached hydrogens (tertiary/aromatic N) is 4. The summed E-state index contributed by atoms with van der Waals surface area (Å²) in [5.41, 5.74) is 0.418. The van der Waals surface area contributed by atoms with Gasteiger partial charge in [0.1, 0.15) is 5.76 Å². The van der Waals surface area contributed by atoms with Gasteiger partial charge >= 0.3 is 0 Å². The van der Waals surface area contributed by atoms with Crippen molar-refractivity contribution in [3.63, 3.8) is 0 Å². The van der Waals surface area contributed by atoms with E-state index >= 15 is 0 Å².